The van der Waals surface area contributed by atoms with Gasteiger partial charge in [0.15, 0.2) is 5.82 Å². The molecule has 2 aliphatic heterocycles. The molecule has 244 valence electrons. The van der Waals surface area contributed by atoms with Gasteiger partial charge < -0.3 is 34.5 Å². The highest BCUT2D eigenvalue weighted by Crippen LogP contribution is 2.24. The van der Waals surface area contributed by atoms with Crippen molar-refractivity contribution in [2.45, 2.75) is 64.7 Å². The van der Waals surface area contributed by atoms with Crippen LogP contribution in [0.4, 0.5) is 10.6 Å². The molecule has 45 heavy (non-hydrogen) atoms. The molecule has 0 spiro atoms. The Morgan fingerprint density at radius 3 is 2.38 bits per heavy atom. The highest BCUT2D eigenvalue weighted by molar-refractivity contribution is 5.97. The van der Waals surface area contributed by atoms with Crippen LogP contribution in [0.5, 0.6) is 0 Å². The third kappa shape index (κ3) is 9.85. The van der Waals surface area contributed by atoms with E-state index in [-0.39, 0.29) is 57.2 Å². The van der Waals surface area contributed by atoms with E-state index in [2.05, 4.69) is 15.3 Å². The Bertz CT molecular complexity index is 1340. The number of carbonyl (C=O) groups excluding carboxylic acids is 4. The second-order valence-corrected chi connectivity index (χ2v) is 11.9. The summed E-state index contributed by atoms with van der Waals surface area (Å²) in [6, 6.07) is 9.69. The molecule has 4 rings (SSSR count). The van der Waals surface area contributed by atoms with Gasteiger partial charge in [0, 0.05) is 44.2 Å². The predicted molar refractivity (Wildman–Crippen MR) is 163 cm³/mol. The van der Waals surface area contributed by atoms with Crippen LogP contribution < -0.4 is 10.2 Å². The van der Waals surface area contributed by atoms with Crippen molar-refractivity contribution in [1.82, 2.24) is 25.2 Å². The SMILES string of the molecule is CCOC(=O)ON1CCN(C(=O)[C@H](CCC(=O)OC(C)(C)C)NC(=O)c2cc(N3CC[C@H](O)C3)nc(-c3ccccc3)n2)CC1. The van der Waals surface area contributed by atoms with E-state index in [9.17, 15) is 24.3 Å². The van der Waals surface area contributed by atoms with Crippen LogP contribution in [0.15, 0.2) is 36.4 Å². The fourth-order valence-electron chi connectivity index (χ4n) is 4.99. The molecule has 1 aromatic heterocycles. The largest absolute Gasteiger partial charge is 0.527 e. The zero-order chi connectivity index (χ0) is 32.6. The third-order valence-corrected chi connectivity index (χ3v) is 7.14. The number of hydrogen-bond acceptors (Lipinski definition) is 12. The Morgan fingerprint density at radius 2 is 1.76 bits per heavy atom. The number of esters is 1. The Balaban J connectivity index is 1.54. The van der Waals surface area contributed by atoms with E-state index in [1.165, 1.54) is 5.06 Å². The van der Waals surface area contributed by atoms with Crippen LogP contribution in [-0.4, -0.2) is 113 Å². The molecule has 2 aromatic rings. The van der Waals surface area contributed by atoms with Gasteiger partial charge in [-0.2, -0.15) is 0 Å². The third-order valence-electron chi connectivity index (χ3n) is 7.14. The average Bonchev–Trinajstić information content (AvgIpc) is 3.45. The number of amides is 2. The van der Waals surface area contributed by atoms with Gasteiger partial charge >= 0.3 is 12.1 Å². The lowest BCUT2D eigenvalue weighted by atomic mass is 10.1. The van der Waals surface area contributed by atoms with Gasteiger partial charge in [0.25, 0.3) is 5.91 Å². The minimum Gasteiger partial charge on any atom is -0.460 e. The number of aromatic nitrogens is 2. The number of rotatable bonds is 10. The first-order chi connectivity index (χ1) is 21.4. The molecule has 0 saturated carbocycles. The van der Waals surface area contributed by atoms with Crippen molar-refractivity contribution in [3.63, 3.8) is 0 Å². The van der Waals surface area contributed by atoms with Gasteiger partial charge in [-0.05, 0) is 40.5 Å². The highest BCUT2D eigenvalue weighted by Gasteiger charge is 2.32. The smallest absolute Gasteiger partial charge is 0.460 e. The second kappa shape index (κ2) is 15.1. The maximum atomic E-state index is 13.7. The van der Waals surface area contributed by atoms with Crippen molar-refractivity contribution in [3.8, 4) is 11.4 Å². The lowest BCUT2D eigenvalue weighted by molar-refractivity contribution is -0.158. The Morgan fingerprint density at radius 1 is 1.04 bits per heavy atom. The van der Waals surface area contributed by atoms with Gasteiger partial charge in [-0.25, -0.2) is 14.8 Å². The topological polar surface area (TPSA) is 164 Å². The number of aliphatic hydroxyl groups is 1. The van der Waals surface area contributed by atoms with Crippen molar-refractivity contribution in [2.75, 3.05) is 50.8 Å². The number of hydrogen-bond donors (Lipinski definition) is 2. The van der Waals surface area contributed by atoms with Crippen LogP contribution in [0.3, 0.4) is 0 Å². The lowest BCUT2D eigenvalue weighted by Crippen LogP contribution is -2.55. The minimum atomic E-state index is -1.06. The van der Waals surface area contributed by atoms with E-state index in [1.807, 2.05) is 35.2 Å². The van der Waals surface area contributed by atoms with Crippen LogP contribution in [-0.2, 0) is 23.9 Å². The molecule has 3 heterocycles. The molecular weight excluding hydrogens is 584 g/mol. The van der Waals surface area contributed by atoms with Crippen LogP contribution in [0.1, 0.15) is 57.4 Å². The van der Waals surface area contributed by atoms with Gasteiger partial charge in [0.1, 0.15) is 23.2 Å². The first kappa shape index (κ1) is 33.6. The van der Waals surface area contributed by atoms with Crippen LogP contribution in [0, 0.1) is 0 Å². The fraction of sp³-hybridized carbons (Fsp3) is 0.548. The van der Waals surface area contributed by atoms with Crippen molar-refractivity contribution in [2.24, 2.45) is 0 Å². The van der Waals surface area contributed by atoms with E-state index in [0.29, 0.717) is 36.7 Å². The zero-order valence-electron chi connectivity index (χ0n) is 26.2. The number of aliphatic hydroxyl groups excluding tert-OH is 1. The molecule has 2 atom stereocenters. The molecular formula is C31H42N6O8. The van der Waals surface area contributed by atoms with E-state index >= 15 is 0 Å². The molecule has 14 heteroatoms. The minimum absolute atomic E-state index is 0.000821. The molecule has 1 aromatic carbocycles. The van der Waals surface area contributed by atoms with Crippen LogP contribution >= 0.6 is 0 Å². The molecule has 14 nitrogen and oxygen atoms in total. The summed E-state index contributed by atoms with van der Waals surface area (Å²) in [5.41, 5.74) is 0.0419. The molecule has 0 aliphatic carbocycles. The van der Waals surface area contributed by atoms with Crippen molar-refractivity contribution >= 4 is 29.8 Å². The molecule has 2 N–H and O–H groups in total. The van der Waals surface area contributed by atoms with E-state index in [4.69, 9.17) is 14.3 Å². The molecule has 0 radical (unpaired) electrons. The van der Waals surface area contributed by atoms with E-state index < -0.39 is 35.8 Å². The summed E-state index contributed by atoms with van der Waals surface area (Å²) in [7, 11) is 0. The molecule has 2 aliphatic rings. The summed E-state index contributed by atoms with van der Waals surface area (Å²) in [6.45, 7) is 8.99. The van der Waals surface area contributed by atoms with Gasteiger partial charge in [0.05, 0.1) is 25.8 Å². The summed E-state index contributed by atoms with van der Waals surface area (Å²) in [5.74, 6) is -0.676. The van der Waals surface area contributed by atoms with Gasteiger partial charge in [0.2, 0.25) is 5.91 Å². The standard InChI is InChI=1S/C31H42N6O8/c1-5-43-30(42)45-37-17-15-35(16-18-37)29(41)23(11-12-26(39)44-31(2,3)4)33-28(40)24-19-25(36-14-13-22(38)20-36)34-27(32-24)21-9-7-6-8-10-21/h6-10,19,22-23,38H,5,11-18,20H2,1-4H3,(H,33,40)/t22-,23-/m0/s1. The van der Waals surface area contributed by atoms with Gasteiger partial charge in [-0.3, -0.25) is 14.4 Å². The van der Waals surface area contributed by atoms with E-state index in [1.54, 1.807) is 38.7 Å². The van der Waals surface area contributed by atoms with E-state index in [0.717, 1.165) is 0 Å². The summed E-state index contributed by atoms with van der Waals surface area (Å²) >= 11 is 0. The molecule has 0 bridgehead atoms. The Hall–Kier alpha value is -4.30. The number of nitrogens with one attached hydrogen (secondary N) is 1. The second-order valence-electron chi connectivity index (χ2n) is 11.9. The number of ether oxygens (including phenoxy) is 2. The summed E-state index contributed by atoms with van der Waals surface area (Å²) < 4.78 is 10.2. The zero-order valence-corrected chi connectivity index (χ0v) is 26.2. The Labute approximate surface area is 262 Å². The number of β-amino-alcohol motifs (C(OH)–C–C–N with tert-alkyl or cyclic N) is 1. The van der Waals surface area contributed by atoms with Crippen LogP contribution in [0.2, 0.25) is 0 Å². The number of carbonyl (C=O) groups is 4. The van der Waals surface area contributed by atoms with Crippen molar-refractivity contribution < 1.29 is 38.6 Å². The number of anilines is 1. The fourth-order valence-corrected chi connectivity index (χ4v) is 4.99. The molecule has 2 fully saturated rings. The molecule has 0 unspecified atom stereocenters. The maximum absolute atomic E-state index is 13.7. The number of nitrogens with zero attached hydrogens (tertiary/aromatic N) is 5. The van der Waals surface area contributed by atoms with Crippen molar-refractivity contribution in [3.05, 3.63) is 42.1 Å². The lowest BCUT2D eigenvalue weighted by Gasteiger charge is -2.35. The molecule has 2 amide bonds. The summed E-state index contributed by atoms with van der Waals surface area (Å²) in [6.07, 6.45) is -0.847. The first-order valence-corrected chi connectivity index (χ1v) is 15.2. The van der Waals surface area contributed by atoms with Crippen LogP contribution in [0.25, 0.3) is 11.4 Å². The quantitative estimate of drug-likeness (QED) is 0.370. The van der Waals surface area contributed by atoms with Gasteiger partial charge in [-0.15, -0.1) is 5.06 Å². The average molecular weight is 627 g/mol. The summed E-state index contributed by atoms with van der Waals surface area (Å²) in [4.78, 5) is 69.5. The number of piperazine rings is 1. The highest BCUT2D eigenvalue weighted by atomic mass is 16.8. The number of benzene rings is 1. The summed E-state index contributed by atoms with van der Waals surface area (Å²) in [5, 5.41) is 14.3. The van der Waals surface area contributed by atoms with Crippen molar-refractivity contribution in [1.29, 1.82) is 0 Å². The Kier molecular flexibility index (Phi) is 11.3. The normalized spacial score (nSPS) is 17.8. The van der Waals surface area contributed by atoms with Gasteiger partial charge in [-0.1, -0.05) is 30.3 Å². The first-order valence-electron chi connectivity index (χ1n) is 15.2. The number of hydroxylamine groups is 2. The predicted octanol–water partition coefficient (Wildman–Crippen LogP) is 2.17. The maximum Gasteiger partial charge on any atom is 0.527 e. The monoisotopic (exact) mass is 626 g/mol. The molecule has 2 saturated heterocycles.